The van der Waals surface area contributed by atoms with Crippen molar-refractivity contribution >= 4 is 29.9 Å². The molecule has 0 unspecified atom stereocenters. The van der Waals surface area contributed by atoms with Crippen molar-refractivity contribution in [3.05, 3.63) is 23.5 Å². The van der Waals surface area contributed by atoms with Gasteiger partial charge >= 0.3 is 0 Å². The molecular formula is C15H23Cl2N3O2. The third-order valence-electron chi connectivity index (χ3n) is 3.76. The van der Waals surface area contributed by atoms with E-state index in [1.807, 2.05) is 24.8 Å². The van der Waals surface area contributed by atoms with E-state index in [0.29, 0.717) is 24.0 Å². The third kappa shape index (κ3) is 5.00. The molecule has 1 aromatic heterocycles. The highest BCUT2D eigenvalue weighted by molar-refractivity contribution is 6.29. The minimum absolute atomic E-state index is 0. The molecule has 7 heteroatoms. The van der Waals surface area contributed by atoms with Gasteiger partial charge in [0.05, 0.1) is 12.2 Å². The highest BCUT2D eigenvalue weighted by Gasteiger charge is 2.28. The van der Waals surface area contributed by atoms with E-state index in [0.717, 1.165) is 12.8 Å². The van der Waals surface area contributed by atoms with Crippen LogP contribution in [0.15, 0.2) is 18.3 Å². The smallest absolute Gasteiger partial charge is 0.239 e. The van der Waals surface area contributed by atoms with Gasteiger partial charge in [-0.1, -0.05) is 25.4 Å². The lowest BCUT2D eigenvalue weighted by atomic mass is 10.0. The maximum atomic E-state index is 12.2. The lowest BCUT2D eigenvalue weighted by Crippen LogP contribution is -2.50. The summed E-state index contributed by atoms with van der Waals surface area (Å²) in [7, 11) is 0. The Labute approximate surface area is 142 Å². The van der Waals surface area contributed by atoms with Crippen molar-refractivity contribution in [2.75, 3.05) is 13.1 Å². The Morgan fingerprint density at radius 2 is 2.05 bits per heavy atom. The summed E-state index contributed by atoms with van der Waals surface area (Å²) in [5.41, 5.74) is 5.92. The summed E-state index contributed by atoms with van der Waals surface area (Å²) in [6, 6.07) is 3.10. The molecule has 1 atom stereocenters. The van der Waals surface area contributed by atoms with Crippen molar-refractivity contribution in [1.82, 2.24) is 9.88 Å². The fourth-order valence-corrected chi connectivity index (χ4v) is 2.43. The summed E-state index contributed by atoms with van der Waals surface area (Å²) in [6.45, 7) is 5.30. The number of carbonyl (C=O) groups excluding carboxylic acids is 1. The number of aromatic nitrogens is 1. The zero-order chi connectivity index (χ0) is 15.4. The first kappa shape index (κ1) is 19.0. The van der Waals surface area contributed by atoms with Gasteiger partial charge in [-0.2, -0.15) is 0 Å². The number of nitrogens with two attached hydrogens (primary N) is 1. The van der Waals surface area contributed by atoms with E-state index in [9.17, 15) is 4.79 Å². The van der Waals surface area contributed by atoms with Crippen LogP contribution in [0.3, 0.4) is 0 Å². The Bertz CT molecular complexity index is 474. The number of ether oxygens (including phenoxy) is 1. The monoisotopic (exact) mass is 347 g/mol. The van der Waals surface area contributed by atoms with Gasteiger partial charge in [0.15, 0.2) is 0 Å². The van der Waals surface area contributed by atoms with Crippen molar-refractivity contribution in [3.63, 3.8) is 0 Å². The molecule has 0 radical (unpaired) electrons. The Hall–Kier alpha value is -1.04. The van der Waals surface area contributed by atoms with Crippen LogP contribution in [0.1, 0.15) is 26.7 Å². The van der Waals surface area contributed by atoms with Gasteiger partial charge in [0.2, 0.25) is 5.91 Å². The highest BCUT2D eigenvalue weighted by atomic mass is 35.5. The molecule has 2 N–H and O–H groups in total. The topological polar surface area (TPSA) is 68.5 Å². The predicted octanol–water partition coefficient (Wildman–Crippen LogP) is 2.51. The molecule has 1 fully saturated rings. The maximum Gasteiger partial charge on any atom is 0.239 e. The average molecular weight is 348 g/mol. The van der Waals surface area contributed by atoms with Crippen molar-refractivity contribution in [3.8, 4) is 5.75 Å². The van der Waals surface area contributed by atoms with Crippen LogP contribution in [-0.2, 0) is 4.79 Å². The third-order valence-corrected chi connectivity index (χ3v) is 3.98. The van der Waals surface area contributed by atoms with E-state index in [1.165, 1.54) is 0 Å². The lowest BCUT2D eigenvalue weighted by molar-refractivity contribution is -0.135. The molecule has 0 saturated carbocycles. The number of hydrogen-bond donors (Lipinski definition) is 1. The molecule has 22 heavy (non-hydrogen) atoms. The lowest BCUT2D eigenvalue weighted by Gasteiger charge is -2.34. The first-order valence-corrected chi connectivity index (χ1v) is 7.67. The van der Waals surface area contributed by atoms with Crippen molar-refractivity contribution < 1.29 is 9.53 Å². The number of hydrogen-bond acceptors (Lipinski definition) is 4. The summed E-state index contributed by atoms with van der Waals surface area (Å²) < 4.78 is 5.86. The minimum Gasteiger partial charge on any atom is -0.489 e. The van der Waals surface area contributed by atoms with Crippen LogP contribution in [-0.4, -0.2) is 41.0 Å². The molecule has 1 aromatic rings. The Morgan fingerprint density at radius 1 is 1.41 bits per heavy atom. The van der Waals surface area contributed by atoms with Crippen LogP contribution in [0.4, 0.5) is 0 Å². The quantitative estimate of drug-likeness (QED) is 0.849. The van der Waals surface area contributed by atoms with Gasteiger partial charge in [-0.3, -0.25) is 4.79 Å². The summed E-state index contributed by atoms with van der Waals surface area (Å²) in [6.07, 6.45) is 3.33. The number of halogens is 2. The van der Waals surface area contributed by atoms with Crippen LogP contribution in [0.2, 0.25) is 5.15 Å². The van der Waals surface area contributed by atoms with Gasteiger partial charge in [-0.15, -0.1) is 12.4 Å². The molecule has 2 rings (SSSR count). The van der Waals surface area contributed by atoms with Crippen LogP contribution < -0.4 is 10.5 Å². The Morgan fingerprint density at radius 3 is 2.55 bits per heavy atom. The zero-order valence-electron chi connectivity index (χ0n) is 12.9. The van der Waals surface area contributed by atoms with Crippen molar-refractivity contribution in [1.29, 1.82) is 0 Å². The average Bonchev–Trinajstić information content (AvgIpc) is 2.49. The van der Waals surface area contributed by atoms with Crippen LogP contribution in [0, 0.1) is 5.92 Å². The van der Waals surface area contributed by atoms with E-state index in [-0.39, 0.29) is 30.3 Å². The largest absolute Gasteiger partial charge is 0.489 e. The van der Waals surface area contributed by atoms with E-state index in [2.05, 4.69) is 4.98 Å². The Balaban J connectivity index is 0.00000242. The fourth-order valence-electron chi connectivity index (χ4n) is 2.31. The summed E-state index contributed by atoms with van der Waals surface area (Å²) in [5.74, 6) is 0.909. The summed E-state index contributed by atoms with van der Waals surface area (Å²) in [5, 5.41) is 0.449. The molecule has 1 amide bonds. The molecule has 2 heterocycles. The zero-order valence-corrected chi connectivity index (χ0v) is 14.4. The fraction of sp³-hybridized carbons (Fsp3) is 0.600. The molecule has 0 bridgehead atoms. The molecule has 1 aliphatic heterocycles. The SMILES string of the molecule is CC(C)[C@H](N)C(=O)N1CCC(Oc2ccc(Cl)nc2)CC1.Cl. The van der Waals surface area contributed by atoms with Crippen molar-refractivity contribution in [2.45, 2.75) is 38.8 Å². The van der Waals surface area contributed by atoms with E-state index in [1.54, 1.807) is 12.3 Å². The number of carbonyl (C=O) groups is 1. The molecule has 1 saturated heterocycles. The number of nitrogens with zero attached hydrogens (tertiary/aromatic N) is 2. The van der Waals surface area contributed by atoms with E-state index >= 15 is 0 Å². The number of piperidine rings is 1. The molecule has 0 aliphatic carbocycles. The normalized spacial score (nSPS) is 17.0. The van der Waals surface area contributed by atoms with E-state index < -0.39 is 6.04 Å². The predicted molar refractivity (Wildman–Crippen MR) is 89.5 cm³/mol. The summed E-state index contributed by atoms with van der Waals surface area (Å²) >= 11 is 5.74. The molecule has 0 aromatic carbocycles. The van der Waals surface area contributed by atoms with Crippen LogP contribution in [0.5, 0.6) is 5.75 Å². The van der Waals surface area contributed by atoms with Gasteiger partial charge in [0, 0.05) is 25.9 Å². The van der Waals surface area contributed by atoms with Crippen LogP contribution >= 0.6 is 24.0 Å². The van der Waals surface area contributed by atoms with Gasteiger partial charge in [0.1, 0.15) is 17.0 Å². The first-order valence-electron chi connectivity index (χ1n) is 7.30. The molecular weight excluding hydrogens is 325 g/mol. The van der Waals surface area contributed by atoms with Gasteiger partial charge in [-0.05, 0) is 18.1 Å². The van der Waals surface area contributed by atoms with Gasteiger partial charge < -0.3 is 15.4 Å². The molecule has 0 spiro atoms. The summed E-state index contributed by atoms with van der Waals surface area (Å²) in [4.78, 5) is 18.0. The van der Waals surface area contributed by atoms with Crippen LogP contribution in [0.25, 0.3) is 0 Å². The number of rotatable bonds is 4. The molecule has 1 aliphatic rings. The second-order valence-corrected chi connectivity index (χ2v) is 6.12. The number of amides is 1. The maximum absolute atomic E-state index is 12.2. The molecule has 5 nitrogen and oxygen atoms in total. The van der Waals surface area contributed by atoms with Gasteiger partial charge in [0.25, 0.3) is 0 Å². The Kier molecular flexibility index (Phi) is 7.39. The first-order chi connectivity index (χ1) is 9.97. The number of pyridine rings is 1. The van der Waals surface area contributed by atoms with Gasteiger partial charge in [-0.25, -0.2) is 4.98 Å². The van der Waals surface area contributed by atoms with E-state index in [4.69, 9.17) is 22.1 Å². The second-order valence-electron chi connectivity index (χ2n) is 5.73. The second kappa shape index (κ2) is 8.56. The molecule has 124 valence electrons. The highest BCUT2D eigenvalue weighted by Crippen LogP contribution is 2.20. The standard InChI is InChI=1S/C15H22ClN3O2.ClH/c1-10(2)14(17)15(20)19-7-5-11(6-8-19)21-12-3-4-13(16)18-9-12;/h3-4,9-11,14H,5-8,17H2,1-2H3;1H/t14-;/m0./s1. The van der Waals surface area contributed by atoms with Crippen molar-refractivity contribution in [2.24, 2.45) is 11.7 Å². The number of likely N-dealkylation sites (tertiary alicyclic amines) is 1. The minimum atomic E-state index is -0.414.